The summed E-state index contributed by atoms with van der Waals surface area (Å²) in [7, 11) is 0. The maximum Gasteiger partial charge on any atom is 0.573 e. The lowest BCUT2D eigenvalue weighted by Crippen LogP contribution is -2.17. The molecule has 2 heterocycles. The van der Waals surface area contributed by atoms with E-state index in [1.165, 1.54) is 0 Å². The fraction of sp³-hybridized carbons (Fsp3) is 0.154. The third kappa shape index (κ3) is 4.16. The molecule has 0 amide bonds. The van der Waals surface area contributed by atoms with E-state index in [0.29, 0.717) is 17.7 Å². The summed E-state index contributed by atoms with van der Waals surface area (Å²) in [4.78, 5) is 18.7. The van der Waals surface area contributed by atoms with Gasteiger partial charge in [0.2, 0.25) is 0 Å². The number of rotatable bonds is 4. The van der Waals surface area contributed by atoms with Crippen LogP contribution < -0.4 is 10.1 Å². The maximum absolute atomic E-state index is 12.1. The summed E-state index contributed by atoms with van der Waals surface area (Å²) in [6, 6.07) is 5.41. The van der Waals surface area contributed by atoms with E-state index in [2.05, 4.69) is 20.0 Å². The normalized spacial score (nSPS) is 11.0. The molecule has 2 rings (SSSR count). The zero-order chi connectivity index (χ0) is 15.5. The van der Waals surface area contributed by atoms with Crippen molar-refractivity contribution >= 4 is 17.9 Å². The summed E-state index contributed by atoms with van der Waals surface area (Å²) in [6.07, 6.45) is -3.01. The van der Waals surface area contributed by atoms with Gasteiger partial charge in [-0.3, -0.25) is 4.79 Å². The fourth-order valence-electron chi connectivity index (χ4n) is 1.54. The average Bonchev–Trinajstić information content (AvgIpc) is 2.39. The molecule has 2 aromatic heterocycles. The number of hydrogen-bond donors (Lipinski definition) is 1. The van der Waals surface area contributed by atoms with Crippen LogP contribution in [0.2, 0.25) is 0 Å². The smallest absolute Gasteiger partial charge is 0.406 e. The summed E-state index contributed by atoms with van der Waals surface area (Å²) in [5.41, 5.74) is 0.931. The first-order valence-electron chi connectivity index (χ1n) is 5.79. The second-order valence-electron chi connectivity index (χ2n) is 4.07. The van der Waals surface area contributed by atoms with Crippen molar-refractivity contribution in [1.82, 2.24) is 9.97 Å². The highest BCUT2D eigenvalue weighted by Crippen LogP contribution is 2.25. The number of carbonyl (C=O) groups is 1. The van der Waals surface area contributed by atoms with Gasteiger partial charge < -0.3 is 10.1 Å². The SMILES string of the molecule is Cc1ccc(Nc2cc(OC(F)(F)F)ccn2)nc1C=O. The Hall–Kier alpha value is -2.64. The van der Waals surface area contributed by atoms with Crippen molar-refractivity contribution in [2.24, 2.45) is 0 Å². The molecule has 0 aliphatic heterocycles. The van der Waals surface area contributed by atoms with Gasteiger partial charge in [-0.1, -0.05) is 6.07 Å². The molecule has 110 valence electrons. The summed E-state index contributed by atoms with van der Waals surface area (Å²) >= 11 is 0. The molecule has 0 atom stereocenters. The largest absolute Gasteiger partial charge is 0.573 e. The van der Waals surface area contributed by atoms with E-state index in [9.17, 15) is 18.0 Å². The van der Waals surface area contributed by atoms with Gasteiger partial charge in [-0.25, -0.2) is 9.97 Å². The number of nitrogens with zero attached hydrogens (tertiary/aromatic N) is 2. The second-order valence-corrected chi connectivity index (χ2v) is 4.07. The molecule has 0 fully saturated rings. The van der Waals surface area contributed by atoms with Crippen LogP contribution in [-0.2, 0) is 0 Å². The highest BCUT2D eigenvalue weighted by atomic mass is 19.4. The number of aldehydes is 1. The molecule has 0 saturated heterocycles. The molecule has 21 heavy (non-hydrogen) atoms. The predicted molar refractivity (Wildman–Crippen MR) is 68.6 cm³/mol. The van der Waals surface area contributed by atoms with E-state index < -0.39 is 12.1 Å². The Morgan fingerprint density at radius 3 is 2.67 bits per heavy atom. The number of anilines is 2. The molecule has 0 aromatic carbocycles. The lowest BCUT2D eigenvalue weighted by atomic mass is 10.2. The van der Waals surface area contributed by atoms with Crippen LogP contribution in [0.1, 0.15) is 16.1 Å². The monoisotopic (exact) mass is 297 g/mol. The zero-order valence-electron chi connectivity index (χ0n) is 10.8. The van der Waals surface area contributed by atoms with Crippen LogP contribution in [0.5, 0.6) is 5.75 Å². The van der Waals surface area contributed by atoms with Crippen LogP contribution in [0.25, 0.3) is 0 Å². The second kappa shape index (κ2) is 5.78. The van der Waals surface area contributed by atoms with Crippen LogP contribution in [0.4, 0.5) is 24.8 Å². The van der Waals surface area contributed by atoms with Gasteiger partial charge in [0.05, 0.1) is 0 Å². The molecule has 0 spiro atoms. The molecule has 8 heteroatoms. The third-order valence-corrected chi connectivity index (χ3v) is 2.47. The maximum atomic E-state index is 12.1. The third-order valence-electron chi connectivity index (χ3n) is 2.47. The number of aromatic nitrogens is 2. The minimum absolute atomic E-state index is 0.116. The van der Waals surface area contributed by atoms with Crippen LogP contribution in [-0.4, -0.2) is 22.6 Å². The number of nitrogens with one attached hydrogen (secondary N) is 1. The number of halogens is 3. The van der Waals surface area contributed by atoms with Gasteiger partial charge in [-0.05, 0) is 24.6 Å². The first-order chi connectivity index (χ1) is 9.87. The van der Waals surface area contributed by atoms with Crippen molar-refractivity contribution in [1.29, 1.82) is 0 Å². The van der Waals surface area contributed by atoms with E-state index in [0.717, 1.165) is 18.3 Å². The standard InChI is InChI=1S/C13H10F3N3O2/c1-8-2-3-11(18-10(8)7-20)19-12-6-9(4-5-17-12)21-13(14,15)16/h2-7H,1H3,(H,17,18,19). The van der Waals surface area contributed by atoms with Crippen molar-refractivity contribution in [2.45, 2.75) is 13.3 Å². The number of hydrogen-bond acceptors (Lipinski definition) is 5. The molecule has 0 aliphatic carbocycles. The highest BCUT2D eigenvalue weighted by molar-refractivity contribution is 5.75. The number of carbonyl (C=O) groups excluding carboxylic acids is 1. The van der Waals surface area contributed by atoms with Gasteiger partial charge in [0.15, 0.2) is 6.29 Å². The zero-order valence-corrected chi connectivity index (χ0v) is 10.8. The Morgan fingerprint density at radius 1 is 1.24 bits per heavy atom. The predicted octanol–water partition coefficient (Wildman–Crippen LogP) is 3.24. The lowest BCUT2D eigenvalue weighted by molar-refractivity contribution is -0.274. The molecule has 0 unspecified atom stereocenters. The average molecular weight is 297 g/mol. The Kier molecular flexibility index (Phi) is 4.06. The van der Waals surface area contributed by atoms with Crippen LogP contribution in [0, 0.1) is 6.92 Å². The van der Waals surface area contributed by atoms with Crippen molar-refractivity contribution in [3.63, 3.8) is 0 Å². The van der Waals surface area contributed by atoms with Crippen LogP contribution in [0.3, 0.4) is 0 Å². The Balaban J connectivity index is 2.20. The number of aryl methyl sites for hydroxylation is 1. The van der Waals surface area contributed by atoms with E-state index in [4.69, 9.17) is 0 Å². The first kappa shape index (κ1) is 14.8. The van der Waals surface area contributed by atoms with E-state index >= 15 is 0 Å². The summed E-state index contributed by atoms with van der Waals surface area (Å²) in [5.74, 6) is 0.00651. The van der Waals surface area contributed by atoms with Crippen molar-refractivity contribution in [2.75, 3.05) is 5.32 Å². The van der Waals surface area contributed by atoms with Gasteiger partial charge in [0.1, 0.15) is 23.1 Å². The summed E-state index contributed by atoms with van der Waals surface area (Å²) in [5, 5.41) is 2.70. The number of ether oxygens (including phenoxy) is 1. The molecule has 2 aromatic rings. The minimum Gasteiger partial charge on any atom is -0.406 e. The molecule has 5 nitrogen and oxygen atoms in total. The van der Waals surface area contributed by atoms with Gasteiger partial charge in [0, 0.05) is 12.3 Å². The Morgan fingerprint density at radius 2 is 2.00 bits per heavy atom. The highest BCUT2D eigenvalue weighted by Gasteiger charge is 2.31. The molecular formula is C13H10F3N3O2. The van der Waals surface area contributed by atoms with Gasteiger partial charge in [-0.2, -0.15) is 0 Å². The van der Waals surface area contributed by atoms with Crippen molar-refractivity contribution in [3.8, 4) is 5.75 Å². The van der Waals surface area contributed by atoms with E-state index in [-0.39, 0.29) is 11.5 Å². The molecule has 0 saturated carbocycles. The summed E-state index contributed by atoms with van der Waals surface area (Å²) in [6.45, 7) is 1.72. The molecule has 0 radical (unpaired) electrons. The quantitative estimate of drug-likeness (QED) is 0.878. The Bertz CT molecular complexity index is 659. The molecular weight excluding hydrogens is 287 g/mol. The number of pyridine rings is 2. The summed E-state index contributed by atoms with van der Waals surface area (Å²) < 4.78 is 40.2. The van der Waals surface area contributed by atoms with Crippen molar-refractivity contribution in [3.05, 3.63) is 41.7 Å². The topological polar surface area (TPSA) is 64.1 Å². The van der Waals surface area contributed by atoms with Gasteiger partial charge in [-0.15, -0.1) is 13.2 Å². The van der Waals surface area contributed by atoms with Gasteiger partial charge >= 0.3 is 6.36 Å². The minimum atomic E-state index is -4.77. The van der Waals surface area contributed by atoms with E-state index in [1.54, 1.807) is 19.1 Å². The Labute approximate surface area is 117 Å². The van der Waals surface area contributed by atoms with Crippen LogP contribution >= 0.6 is 0 Å². The van der Waals surface area contributed by atoms with Crippen molar-refractivity contribution < 1.29 is 22.7 Å². The molecule has 1 N–H and O–H groups in total. The van der Waals surface area contributed by atoms with Crippen LogP contribution in [0.15, 0.2) is 30.5 Å². The molecule has 0 bridgehead atoms. The molecule has 0 aliphatic rings. The van der Waals surface area contributed by atoms with E-state index in [1.807, 2.05) is 0 Å². The van der Waals surface area contributed by atoms with Gasteiger partial charge in [0.25, 0.3) is 0 Å². The number of alkyl halides is 3. The first-order valence-corrected chi connectivity index (χ1v) is 5.79. The fourth-order valence-corrected chi connectivity index (χ4v) is 1.54. The lowest BCUT2D eigenvalue weighted by Gasteiger charge is -2.10.